The lowest BCUT2D eigenvalue weighted by Crippen LogP contribution is -2.48. The molecule has 37 heavy (non-hydrogen) atoms. The van der Waals surface area contributed by atoms with Crippen molar-refractivity contribution in [2.45, 2.75) is 38.1 Å². The quantitative estimate of drug-likeness (QED) is 0.460. The molecular weight excluding hydrogens is 480 g/mol. The number of amides is 3. The molecule has 0 saturated carbocycles. The molecule has 4 aliphatic rings. The van der Waals surface area contributed by atoms with E-state index in [2.05, 4.69) is 29.6 Å². The van der Waals surface area contributed by atoms with Gasteiger partial charge in [0.1, 0.15) is 6.04 Å². The first-order chi connectivity index (χ1) is 17.9. The molecule has 3 atom stereocenters. The van der Waals surface area contributed by atoms with Crippen LogP contribution in [0, 0.1) is 25.7 Å². The second-order valence-electron chi connectivity index (χ2n) is 10.4. The molecule has 1 N–H and O–H groups in total. The molecule has 0 spiro atoms. The molecule has 0 radical (unpaired) electrons. The topological polar surface area (TPSA) is 66.5 Å². The Bertz CT molecular complexity index is 1320. The van der Waals surface area contributed by atoms with Gasteiger partial charge in [-0.3, -0.25) is 19.3 Å². The predicted molar refractivity (Wildman–Crippen MR) is 147 cm³/mol. The van der Waals surface area contributed by atoms with Crippen LogP contribution in [-0.4, -0.2) is 40.7 Å². The van der Waals surface area contributed by atoms with E-state index < -0.39 is 17.9 Å². The standard InChI is InChI=1S/C31H30N2O3S/c1-17-12-13-18(2)23(16-17)32-29(34)24(14-15-37-3)33-30(35)27-25-19-8-4-5-9-20(19)26(28(27)31(33)36)22-11-7-6-10-21(22)25/h4-13,16,24-28H,14-15H2,1-3H3,(H,32,34)/t24-,25?,26?,27-,28+/m0/s1. The van der Waals surface area contributed by atoms with Gasteiger partial charge in [0.2, 0.25) is 17.7 Å². The summed E-state index contributed by atoms with van der Waals surface area (Å²) in [4.78, 5) is 43.4. The smallest absolute Gasteiger partial charge is 0.247 e. The normalized spacial score (nSPS) is 23.9. The highest BCUT2D eigenvalue weighted by Crippen LogP contribution is 2.61. The van der Waals surface area contributed by atoms with Crippen LogP contribution in [0.1, 0.15) is 51.6 Å². The van der Waals surface area contributed by atoms with Crippen molar-refractivity contribution >= 4 is 35.2 Å². The van der Waals surface area contributed by atoms with Gasteiger partial charge in [-0.25, -0.2) is 0 Å². The molecule has 3 aromatic carbocycles. The minimum atomic E-state index is -0.844. The maximum Gasteiger partial charge on any atom is 0.247 e. The number of likely N-dealkylation sites (tertiary alicyclic amines) is 1. The maximum absolute atomic E-state index is 14.2. The van der Waals surface area contributed by atoms with Crippen LogP contribution in [0.3, 0.4) is 0 Å². The highest BCUT2D eigenvalue weighted by Gasteiger charge is 2.62. The van der Waals surface area contributed by atoms with Gasteiger partial charge in [-0.2, -0.15) is 11.8 Å². The van der Waals surface area contributed by atoms with Gasteiger partial charge >= 0.3 is 0 Å². The lowest BCUT2D eigenvalue weighted by Gasteiger charge is -2.45. The number of imide groups is 1. The van der Waals surface area contributed by atoms with Crippen LogP contribution in [0.2, 0.25) is 0 Å². The molecular formula is C31H30N2O3S. The summed E-state index contributed by atoms with van der Waals surface area (Å²) in [5.74, 6) is -1.36. The summed E-state index contributed by atoms with van der Waals surface area (Å²) in [7, 11) is 0. The number of hydrogen-bond acceptors (Lipinski definition) is 4. The van der Waals surface area contributed by atoms with Crippen LogP contribution < -0.4 is 5.32 Å². The number of rotatable bonds is 6. The molecule has 1 fully saturated rings. The Labute approximate surface area is 221 Å². The number of thioether (sulfide) groups is 1. The molecule has 1 heterocycles. The zero-order valence-corrected chi connectivity index (χ0v) is 22.0. The SMILES string of the molecule is CSCC[C@@H](C(=O)Nc1cc(C)ccc1C)N1C(=O)[C@@H]2C3c4ccccc4C(c4ccccc43)[C@@H]2C1=O. The summed E-state index contributed by atoms with van der Waals surface area (Å²) in [5, 5.41) is 3.04. The number of benzene rings is 3. The first-order valence-corrected chi connectivity index (χ1v) is 14.2. The first-order valence-electron chi connectivity index (χ1n) is 12.8. The molecule has 6 heteroatoms. The minimum Gasteiger partial charge on any atom is -0.324 e. The van der Waals surface area contributed by atoms with Gasteiger partial charge in [0.05, 0.1) is 11.8 Å². The average molecular weight is 511 g/mol. The predicted octanol–water partition coefficient (Wildman–Crippen LogP) is 5.26. The maximum atomic E-state index is 14.2. The zero-order valence-electron chi connectivity index (χ0n) is 21.2. The molecule has 0 aromatic heterocycles. The number of anilines is 1. The van der Waals surface area contributed by atoms with Crippen LogP contribution in [-0.2, 0) is 14.4 Å². The van der Waals surface area contributed by atoms with Crippen molar-refractivity contribution in [2.24, 2.45) is 11.8 Å². The third kappa shape index (κ3) is 3.64. The molecule has 3 amide bonds. The van der Waals surface area contributed by atoms with E-state index in [1.165, 1.54) is 4.90 Å². The Kier molecular flexibility index (Phi) is 5.95. The molecule has 3 aromatic rings. The molecule has 188 valence electrons. The molecule has 3 aliphatic carbocycles. The molecule has 1 saturated heterocycles. The van der Waals surface area contributed by atoms with E-state index in [1.807, 2.05) is 62.6 Å². The second kappa shape index (κ2) is 9.18. The average Bonchev–Trinajstić information content (AvgIpc) is 3.17. The van der Waals surface area contributed by atoms with E-state index in [0.717, 1.165) is 39.1 Å². The van der Waals surface area contributed by atoms with Crippen LogP contribution in [0.4, 0.5) is 5.69 Å². The van der Waals surface area contributed by atoms with Crippen LogP contribution in [0.5, 0.6) is 0 Å². The summed E-state index contributed by atoms with van der Waals surface area (Å²) in [5.41, 5.74) is 7.24. The van der Waals surface area contributed by atoms with Crippen molar-refractivity contribution < 1.29 is 14.4 Å². The molecule has 5 nitrogen and oxygen atoms in total. The van der Waals surface area contributed by atoms with E-state index in [4.69, 9.17) is 0 Å². The Hall–Kier alpha value is -3.38. The van der Waals surface area contributed by atoms with Gasteiger partial charge in [-0.05, 0) is 71.7 Å². The lowest BCUT2D eigenvalue weighted by molar-refractivity contribution is -0.146. The van der Waals surface area contributed by atoms with Crippen LogP contribution in [0.15, 0.2) is 66.7 Å². The first kappa shape index (κ1) is 24.0. The summed E-state index contributed by atoms with van der Waals surface area (Å²) < 4.78 is 0. The summed E-state index contributed by atoms with van der Waals surface area (Å²) in [6.07, 6.45) is 2.39. The Balaban J connectivity index is 1.40. The van der Waals surface area contributed by atoms with Gasteiger partial charge in [-0.15, -0.1) is 0 Å². The van der Waals surface area contributed by atoms with Crippen LogP contribution in [0.25, 0.3) is 0 Å². The van der Waals surface area contributed by atoms with E-state index in [1.54, 1.807) is 11.8 Å². The monoisotopic (exact) mass is 510 g/mol. The number of carbonyl (C=O) groups excluding carboxylic acids is 3. The van der Waals surface area contributed by atoms with Gasteiger partial charge in [0, 0.05) is 17.5 Å². The number of nitrogens with zero attached hydrogens (tertiary/aromatic N) is 1. The Morgan fingerprint density at radius 3 is 1.86 bits per heavy atom. The Morgan fingerprint density at radius 2 is 1.38 bits per heavy atom. The number of carbonyl (C=O) groups is 3. The van der Waals surface area contributed by atoms with E-state index >= 15 is 0 Å². The highest BCUT2D eigenvalue weighted by molar-refractivity contribution is 7.98. The molecule has 0 unspecified atom stereocenters. The third-order valence-electron chi connectivity index (χ3n) is 8.34. The number of nitrogens with one attached hydrogen (secondary N) is 1. The summed E-state index contributed by atoms with van der Waals surface area (Å²) in [6.45, 7) is 3.92. The second-order valence-corrected chi connectivity index (χ2v) is 11.4. The van der Waals surface area contributed by atoms with E-state index in [9.17, 15) is 14.4 Å². The number of hydrogen-bond donors (Lipinski definition) is 1. The lowest BCUT2D eigenvalue weighted by atomic mass is 9.55. The van der Waals surface area contributed by atoms with Crippen molar-refractivity contribution in [3.63, 3.8) is 0 Å². The largest absolute Gasteiger partial charge is 0.324 e. The van der Waals surface area contributed by atoms with Gasteiger partial charge in [-0.1, -0.05) is 60.7 Å². The third-order valence-corrected chi connectivity index (χ3v) is 8.99. The van der Waals surface area contributed by atoms with Crippen molar-refractivity contribution in [2.75, 3.05) is 17.3 Å². The fourth-order valence-corrected chi connectivity index (χ4v) is 7.16. The Morgan fingerprint density at radius 1 is 0.865 bits per heavy atom. The molecule has 2 bridgehead atoms. The molecule has 7 rings (SSSR count). The van der Waals surface area contributed by atoms with Gasteiger partial charge in [0.25, 0.3) is 0 Å². The number of aryl methyl sites for hydroxylation is 2. The van der Waals surface area contributed by atoms with Gasteiger partial charge < -0.3 is 5.32 Å². The van der Waals surface area contributed by atoms with Crippen molar-refractivity contribution in [3.8, 4) is 0 Å². The van der Waals surface area contributed by atoms with E-state index in [0.29, 0.717) is 12.2 Å². The summed E-state index contributed by atoms with van der Waals surface area (Å²) in [6, 6.07) is 21.5. The fraction of sp³-hybridized carbons (Fsp3) is 0.323. The van der Waals surface area contributed by atoms with Crippen LogP contribution >= 0.6 is 11.8 Å². The molecule has 1 aliphatic heterocycles. The van der Waals surface area contributed by atoms with Crippen molar-refractivity contribution in [1.29, 1.82) is 0 Å². The minimum absolute atomic E-state index is 0.174. The van der Waals surface area contributed by atoms with Crippen molar-refractivity contribution in [1.82, 2.24) is 4.90 Å². The highest BCUT2D eigenvalue weighted by atomic mass is 32.2. The fourth-order valence-electron chi connectivity index (χ4n) is 6.70. The van der Waals surface area contributed by atoms with E-state index in [-0.39, 0.29) is 29.6 Å². The van der Waals surface area contributed by atoms with Gasteiger partial charge in [0.15, 0.2) is 0 Å². The summed E-state index contributed by atoms with van der Waals surface area (Å²) >= 11 is 1.61. The van der Waals surface area contributed by atoms with Crippen molar-refractivity contribution in [3.05, 3.63) is 100 Å². The zero-order chi connectivity index (χ0) is 25.8.